The van der Waals surface area contributed by atoms with Gasteiger partial charge in [-0.2, -0.15) is 0 Å². The zero-order valence-corrected chi connectivity index (χ0v) is 5.59. The molecule has 0 bridgehead atoms. The maximum atomic E-state index is 10.4. The van der Waals surface area contributed by atoms with Crippen molar-refractivity contribution in [1.82, 2.24) is 0 Å². The lowest BCUT2D eigenvalue weighted by Crippen LogP contribution is -2.02. The number of allylic oxidation sites excluding steroid dienone is 1. The van der Waals surface area contributed by atoms with Crippen LogP contribution in [-0.4, -0.2) is 19.9 Å². The van der Waals surface area contributed by atoms with Crippen molar-refractivity contribution in [3.8, 4) is 0 Å². The predicted molar refractivity (Wildman–Crippen MR) is 32.8 cm³/mol. The van der Waals surface area contributed by atoms with Crippen LogP contribution in [0.1, 0.15) is 6.92 Å². The smallest absolute Gasteiger partial charge is 0.332 e. The van der Waals surface area contributed by atoms with E-state index in [1.165, 1.54) is 13.2 Å². The number of esters is 1. The molecular formula is C6H10O3. The second-order valence-corrected chi connectivity index (χ2v) is 1.37. The second-order valence-electron chi connectivity index (χ2n) is 1.37. The number of hydrogen-bond donors (Lipinski definition) is 0. The topological polar surface area (TPSA) is 35.5 Å². The summed E-state index contributed by atoms with van der Waals surface area (Å²) >= 11 is 0. The summed E-state index contributed by atoms with van der Waals surface area (Å²) in [5, 5.41) is 0. The summed E-state index contributed by atoms with van der Waals surface area (Å²) in [6.07, 6.45) is 2.94. The van der Waals surface area contributed by atoms with Crippen molar-refractivity contribution < 1.29 is 14.3 Å². The molecule has 0 fully saturated rings. The first-order valence-corrected chi connectivity index (χ1v) is 2.59. The first kappa shape index (κ1) is 8.17. The van der Waals surface area contributed by atoms with Gasteiger partial charge in [0.25, 0.3) is 0 Å². The van der Waals surface area contributed by atoms with Gasteiger partial charge in [0, 0.05) is 13.2 Å². The van der Waals surface area contributed by atoms with Crippen LogP contribution in [0.5, 0.6) is 0 Å². The number of rotatable bonds is 3. The summed E-state index contributed by atoms with van der Waals surface area (Å²) in [5.41, 5.74) is 0. The highest BCUT2D eigenvalue weighted by atomic mass is 16.7. The van der Waals surface area contributed by atoms with Gasteiger partial charge in [0.15, 0.2) is 6.79 Å². The van der Waals surface area contributed by atoms with Crippen molar-refractivity contribution in [2.75, 3.05) is 13.9 Å². The third-order valence-electron chi connectivity index (χ3n) is 0.622. The Kier molecular flexibility index (Phi) is 4.82. The SMILES string of the molecule is C/C=C/C(=O)OCOC. The van der Waals surface area contributed by atoms with Gasteiger partial charge in [-0.1, -0.05) is 6.08 Å². The zero-order valence-electron chi connectivity index (χ0n) is 5.59. The van der Waals surface area contributed by atoms with Crippen LogP contribution in [0, 0.1) is 0 Å². The van der Waals surface area contributed by atoms with E-state index < -0.39 is 0 Å². The molecule has 0 spiro atoms. The molecule has 0 N–H and O–H groups in total. The maximum absolute atomic E-state index is 10.4. The molecule has 0 aromatic carbocycles. The molecule has 9 heavy (non-hydrogen) atoms. The van der Waals surface area contributed by atoms with E-state index in [2.05, 4.69) is 9.47 Å². The second kappa shape index (κ2) is 5.31. The Hall–Kier alpha value is -0.830. The fourth-order valence-corrected chi connectivity index (χ4v) is 0.301. The Bertz CT molecular complexity index is 107. The third-order valence-corrected chi connectivity index (χ3v) is 0.622. The van der Waals surface area contributed by atoms with Gasteiger partial charge in [-0.25, -0.2) is 4.79 Å². The summed E-state index contributed by atoms with van der Waals surface area (Å²) in [5.74, 6) is -0.376. The lowest BCUT2D eigenvalue weighted by Gasteiger charge is -1.96. The fraction of sp³-hybridized carbons (Fsp3) is 0.500. The quantitative estimate of drug-likeness (QED) is 0.320. The molecule has 52 valence electrons. The van der Waals surface area contributed by atoms with E-state index in [1.54, 1.807) is 13.0 Å². The summed E-state index contributed by atoms with van der Waals surface area (Å²) in [6, 6.07) is 0. The predicted octanol–water partition coefficient (Wildman–Crippen LogP) is 0.710. The van der Waals surface area contributed by atoms with Crippen molar-refractivity contribution in [2.24, 2.45) is 0 Å². The highest BCUT2D eigenvalue weighted by Crippen LogP contribution is 1.80. The van der Waals surface area contributed by atoms with Crippen LogP contribution in [-0.2, 0) is 14.3 Å². The van der Waals surface area contributed by atoms with Crippen molar-refractivity contribution >= 4 is 5.97 Å². The molecule has 3 nitrogen and oxygen atoms in total. The molecule has 0 rings (SSSR count). The molecule has 0 heterocycles. The largest absolute Gasteiger partial charge is 0.435 e. The van der Waals surface area contributed by atoms with Gasteiger partial charge in [0.05, 0.1) is 0 Å². The van der Waals surface area contributed by atoms with E-state index >= 15 is 0 Å². The molecule has 0 atom stereocenters. The lowest BCUT2D eigenvalue weighted by atomic mass is 10.5. The van der Waals surface area contributed by atoms with Crippen LogP contribution in [0.3, 0.4) is 0 Å². The molecule has 0 saturated heterocycles. The van der Waals surface area contributed by atoms with Crippen molar-refractivity contribution in [3.63, 3.8) is 0 Å². The van der Waals surface area contributed by atoms with Gasteiger partial charge in [-0.3, -0.25) is 0 Å². The van der Waals surface area contributed by atoms with E-state index in [9.17, 15) is 4.79 Å². The van der Waals surface area contributed by atoms with Crippen LogP contribution in [0.15, 0.2) is 12.2 Å². The lowest BCUT2D eigenvalue weighted by molar-refractivity contribution is -0.147. The highest BCUT2D eigenvalue weighted by molar-refractivity contribution is 5.81. The molecule has 0 aliphatic carbocycles. The van der Waals surface area contributed by atoms with E-state index in [0.717, 1.165) is 0 Å². The monoisotopic (exact) mass is 130 g/mol. The number of methoxy groups -OCH3 is 1. The summed E-state index contributed by atoms with van der Waals surface area (Å²) in [4.78, 5) is 10.4. The first-order chi connectivity index (χ1) is 4.31. The van der Waals surface area contributed by atoms with E-state index in [4.69, 9.17) is 0 Å². The van der Waals surface area contributed by atoms with Gasteiger partial charge in [-0.05, 0) is 6.92 Å². The molecule has 0 radical (unpaired) electrons. The zero-order chi connectivity index (χ0) is 7.11. The molecule has 0 aliphatic rings. The van der Waals surface area contributed by atoms with Gasteiger partial charge < -0.3 is 9.47 Å². The van der Waals surface area contributed by atoms with Crippen LogP contribution < -0.4 is 0 Å². The average molecular weight is 130 g/mol. The standard InChI is InChI=1S/C6H10O3/c1-3-4-6(7)9-5-8-2/h3-4H,5H2,1-2H3/b4-3+. The van der Waals surface area contributed by atoms with E-state index in [0.29, 0.717) is 0 Å². The van der Waals surface area contributed by atoms with Crippen molar-refractivity contribution in [2.45, 2.75) is 6.92 Å². The minimum atomic E-state index is -0.376. The summed E-state index contributed by atoms with van der Waals surface area (Å²) < 4.78 is 8.97. The van der Waals surface area contributed by atoms with Crippen molar-refractivity contribution in [3.05, 3.63) is 12.2 Å². The summed E-state index contributed by atoms with van der Waals surface area (Å²) in [7, 11) is 1.46. The highest BCUT2D eigenvalue weighted by Gasteiger charge is 1.91. The van der Waals surface area contributed by atoms with Crippen LogP contribution in [0.25, 0.3) is 0 Å². The molecule has 0 unspecified atom stereocenters. The number of ether oxygens (including phenoxy) is 2. The van der Waals surface area contributed by atoms with Crippen LogP contribution in [0.2, 0.25) is 0 Å². The Balaban J connectivity index is 3.27. The Morgan fingerprint density at radius 2 is 2.33 bits per heavy atom. The minimum Gasteiger partial charge on any atom is -0.435 e. The molecule has 0 aromatic heterocycles. The molecule has 0 amide bonds. The fourth-order valence-electron chi connectivity index (χ4n) is 0.301. The number of carbonyl (C=O) groups excluding carboxylic acids is 1. The van der Waals surface area contributed by atoms with Crippen LogP contribution in [0.4, 0.5) is 0 Å². The molecular weight excluding hydrogens is 120 g/mol. The minimum absolute atomic E-state index is 0.0170. The third kappa shape index (κ3) is 5.03. The van der Waals surface area contributed by atoms with Crippen molar-refractivity contribution in [1.29, 1.82) is 0 Å². The maximum Gasteiger partial charge on any atom is 0.332 e. The van der Waals surface area contributed by atoms with E-state index in [-0.39, 0.29) is 12.8 Å². The van der Waals surface area contributed by atoms with Gasteiger partial charge in [-0.15, -0.1) is 0 Å². The molecule has 0 aromatic rings. The number of carbonyl (C=O) groups is 1. The first-order valence-electron chi connectivity index (χ1n) is 2.59. The normalized spacial score (nSPS) is 10.0. The van der Waals surface area contributed by atoms with Crippen LogP contribution >= 0.6 is 0 Å². The number of hydrogen-bond acceptors (Lipinski definition) is 3. The Morgan fingerprint density at radius 3 is 2.78 bits per heavy atom. The average Bonchev–Trinajstić information content (AvgIpc) is 1.85. The van der Waals surface area contributed by atoms with Gasteiger partial charge >= 0.3 is 5.97 Å². The Labute approximate surface area is 54.3 Å². The molecule has 0 aliphatic heterocycles. The van der Waals surface area contributed by atoms with Gasteiger partial charge in [0.1, 0.15) is 0 Å². The molecule has 0 saturated carbocycles. The summed E-state index contributed by atoms with van der Waals surface area (Å²) in [6.45, 7) is 1.76. The van der Waals surface area contributed by atoms with Gasteiger partial charge in [0.2, 0.25) is 0 Å². The molecule has 3 heteroatoms. The Morgan fingerprint density at radius 1 is 1.67 bits per heavy atom. The van der Waals surface area contributed by atoms with E-state index in [1.807, 2.05) is 0 Å².